The van der Waals surface area contributed by atoms with Crippen molar-refractivity contribution in [3.63, 3.8) is 0 Å². The molecule has 4 N–H and O–H groups in total. The molecule has 0 aromatic heterocycles. The van der Waals surface area contributed by atoms with Crippen molar-refractivity contribution in [1.29, 1.82) is 0 Å². The molecule has 0 saturated carbocycles. The summed E-state index contributed by atoms with van der Waals surface area (Å²) in [4.78, 5) is 22.1. The van der Waals surface area contributed by atoms with Crippen molar-refractivity contribution in [3.8, 4) is 0 Å². The van der Waals surface area contributed by atoms with Crippen LogP contribution >= 0.6 is 23.2 Å². The number of halogens is 2. The number of aliphatic hydroxyl groups excluding tert-OH is 1. The van der Waals surface area contributed by atoms with Crippen LogP contribution in [-0.4, -0.2) is 44.2 Å². The van der Waals surface area contributed by atoms with Gasteiger partial charge in [0.25, 0.3) is 5.91 Å². The summed E-state index contributed by atoms with van der Waals surface area (Å²) in [5.41, 5.74) is 4.82. The SMILES string of the molecule is C[C@H](O)[C@@H](NS(=O)(=O)c1ccc(Cl)c(Cl)c1)C(=O)OCC(N)=O. The lowest BCUT2D eigenvalue weighted by Crippen LogP contribution is -2.48. The van der Waals surface area contributed by atoms with Crippen LogP contribution in [-0.2, 0) is 24.3 Å². The van der Waals surface area contributed by atoms with Gasteiger partial charge in [-0.25, -0.2) is 8.42 Å². The number of hydrogen-bond donors (Lipinski definition) is 3. The van der Waals surface area contributed by atoms with E-state index in [1.807, 2.05) is 4.72 Å². The van der Waals surface area contributed by atoms with Gasteiger partial charge in [0.2, 0.25) is 10.0 Å². The second kappa shape index (κ2) is 7.93. The number of aliphatic hydroxyl groups is 1. The summed E-state index contributed by atoms with van der Waals surface area (Å²) in [6.45, 7) is 0.435. The highest BCUT2D eigenvalue weighted by Crippen LogP contribution is 2.25. The minimum Gasteiger partial charge on any atom is -0.454 e. The molecule has 1 rings (SSSR count). The van der Waals surface area contributed by atoms with Crippen LogP contribution in [0.1, 0.15) is 6.92 Å². The Morgan fingerprint density at radius 2 is 1.96 bits per heavy atom. The summed E-state index contributed by atoms with van der Waals surface area (Å²) in [7, 11) is -4.20. The highest BCUT2D eigenvalue weighted by molar-refractivity contribution is 7.89. The maximum Gasteiger partial charge on any atom is 0.327 e. The van der Waals surface area contributed by atoms with Gasteiger partial charge in [-0.15, -0.1) is 0 Å². The van der Waals surface area contributed by atoms with Crippen molar-refractivity contribution in [2.75, 3.05) is 6.61 Å². The first-order chi connectivity index (χ1) is 10.5. The number of ether oxygens (including phenoxy) is 1. The number of carbonyl (C=O) groups excluding carboxylic acids is 2. The molecule has 1 amide bonds. The van der Waals surface area contributed by atoms with Gasteiger partial charge in [0, 0.05) is 0 Å². The van der Waals surface area contributed by atoms with E-state index in [0.717, 1.165) is 6.07 Å². The third kappa shape index (κ3) is 5.63. The second-order valence-electron chi connectivity index (χ2n) is 4.49. The molecule has 0 radical (unpaired) electrons. The van der Waals surface area contributed by atoms with Gasteiger partial charge < -0.3 is 15.6 Å². The molecule has 0 saturated heterocycles. The van der Waals surface area contributed by atoms with Crippen molar-refractivity contribution < 1.29 is 27.9 Å². The Balaban J connectivity index is 3.00. The first kappa shape index (κ1) is 19.7. The largest absolute Gasteiger partial charge is 0.454 e. The van der Waals surface area contributed by atoms with E-state index in [2.05, 4.69) is 4.74 Å². The fourth-order valence-electron chi connectivity index (χ4n) is 1.45. The van der Waals surface area contributed by atoms with Gasteiger partial charge in [-0.1, -0.05) is 23.2 Å². The number of esters is 1. The molecular formula is C12H14Cl2N2O6S. The number of nitrogens with one attached hydrogen (secondary N) is 1. The Labute approximate surface area is 142 Å². The molecule has 0 unspecified atom stereocenters. The quantitative estimate of drug-likeness (QED) is 0.568. The van der Waals surface area contributed by atoms with Crippen LogP contribution in [0.2, 0.25) is 10.0 Å². The summed E-state index contributed by atoms with van der Waals surface area (Å²) in [6.07, 6.45) is -1.42. The summed E-state index contributed by atoms with van der Waals surface area (Å²) in [6, 6.07) is 1.89. The van der Waals surface area contributed by atoms with E-state index < -0.39 is 40.7 Å². The van der Waals surface area contributed by atoms with Crippen LogP contribution in [0.25, 0.3) is 0 Å². The minimum absolute atomic E-state index is 0.000515. The standard InChI is InChI=1S/C12H14Cl2N2O6S/c1-6(17)11(12(19)22-5-10(15)18)16-23(20,21)7-2-3-8(13)9(14)4-7/h2-4,6,11,16-17H,5H2,1H3,(H2,15,18)/t6-,11+/m0/s1. The van der Waals surface area contributed by atoms with E-state index in [9.17, 15) is 23.1 Å². The molecule has 1 aromatic rings. The molecule has 8 nitrogen and oxygen atoms in total. The number of sulfonamides is 1. The maximum absolute atomic E-state index is 12.2. The maximum atomic E-state index is 12.2. The molecule has 0 aliphatic rings. The molecule has 0 heterocycles. The van der Waals surface area contributed by atoms with Gasteiger partial charge >= 0.3 is 5.97 Å². The van der Waals surface area contributed by atoms with Crippen LogP contribution in [0.5, 0.6) is 0 Å². The van der Waals surface area contributed by atoms with E-state index in [1.54, 1.807) is 0 Å². The van der Waals surface area contributed by atoms with Crippen molar-refractivity contribution >= 4 is 45.1 Å². The Morgan fingerprint density at radius 3 is 2.43 bits per heavy atom. The summed E-state index contributed by atoms with van der Waals surface area (Å²) < 4.78 is 30.9. The summed E-state index contributed by atoms with van der Waals surface area (Å²) in [5.74, 6) is -2.07. The van der Waals surface area contributed by atoms with E-state index in [-0.39, 0.29) is 14.9 Å². The molecule has 0 fully saturated rings. The Kier molecular flexibility index (Phi) is 6.78. The minimum atomic E-state index is -4.20. The second-order valence-corrected chi connectivity index (χ2v) is 7.02. The Morgan fingerprint density at radius 1 is 1.35 bits per heavy atom. The Bertz CT molecular complexity index is 708. The topological polar surface area (TPSA) is 136 Å². The molecule has 0 bridgehead atoms. The van der Waals surface area contributed by atoms with Gasteiger partial charge in [0.15, 0.2) is 6.61 Å². The van der Waals surface area contributed by atoms with E-state index >= 15 is 0 Å². The monoisotopic (exact) mass is 384 g/mol. The number of amides is 1. The fraction of sp³-hybridized carbons (Fsp3) is 0.333. The zero-order valence-electron chi connectivity index (χ0n) is 11.8. The predicted molar refractivity (Wildman–Crippen MR) is 82.4 cm³/mol. The molecule has 23 heavy (non-hydrogen) atoms. The van der Waals surface area contributed by atoms with Crippen LogP contribution in [0.4, 0.5) is 0 Å². The Hall–Kier alpha value is -1.39. The van der Waals surface area contributed by atoms with Gasteiger partial charge in [-0.3, -0.25) is 9.59 Å². The molecule has 0 spiro atoms. The van der Waals surface area contributed by atoms with E-state index in [4.69, 9.17) is 28.9 Å². The molecule has 1 aromatic carbocycles. The highest BCUT2D eigenvalue weighted by atomic mass is 35.5. The molecule has 2 atom stereocenters. The van der Waals surface area contributed by atoms with Crippen LogP contribution in [0, 0.1) is 0 Å². The smallest absolute Gasteiger partial charge is 0.327 e. The number of nitrogens with two attached hydrogens (primary N) is 1. The third-order valence-electron chi connectivity index (χ3n) is 2.58. The molecule has 128 valence electrons. The normalized spacial score (nSPS) is 14.1. The summed E-state index contributed by atoms with van der Waals surface area (Å²) in [5, 5.41) is 9.72. The van der Waals surface area contributed by atoms with Crippen molar-refractivity contribution in [1.82, 2.24) is 4.72 Å². The molecular weight excluding hydrogens is 371 g/mol. The van der Waals surface area contributed by atoms with Crippen LogP contribution in [0.15, 0.2) is 23.1 Å². The van der Waals surface area contributed by atoms with E-state index in [1.165, 1.54) is 19.1 Å². The summed E-state index contributed by atoms with van der Waals surface area (Å²) >= 11 is 11.5. The first-order valence-corrected chi connectivity index (χ1v) is 8.39. The average molecular weight is 385 g/mol. The number of hydrogen-bond acceptors (Lipinski definition) is 6. The van der Waals surface area contributed by atoms with Gasteiger partial charge in [-0.05, 0) is 25.1 Å². The number of carbonyl (C=O) groups is 2. The average Bonchev–Trinajstić information content (AvgIpc) is 2.44. The van der Waals surface area contributed by atoms with Crippen molar-refractivity contribution in [3.05, 3.63) is 28.2 Å². The van der Waals surface area contributed by atoms with Gasteiger partial charge in [-0.2, -0.15) is 4.72 Å². The predicted octanol–water partition coefficient (Wildman–Crippen LogP) is 0.0496. The highest BCUT2D eigenvalue weighted by Gasteiger charge is 2.31. The van der Waals surface area contributed by atoms with Gasteiger partial charge in [0.05, 0.1) is 21.0 Å². The first-order valence-electron chi connectivity index (χ1n) is 6.15. The third-order valence-corrected chi connectivity index (χ3v) is 4.75. The van der Waals surface area contributed by atoms with Crippen molar-refractivity contribution in [2.24, 2.45) is 5.73 Å². The van der Waals surface area contributed by atoms with Crippen molar-refractivity contribution in [2.45, 2.75) is 24.0 Å². The van der Waals surface area contributed by atoms with Gasteiger partial charge in [0.1, 0.15) is 6.04 Å². The molecule has 0 aliphatic carbocycles. The fourth-order valence-corrected chi connectivity index (χ4v) is 3.10. The zero-order valence-corrected chi connectivity index (χ0v) is 14.2. The molecule has 0 aliphatic heterocycles. The lowest BCUT2D eigenvalue weighted by molar-refractivity contribution is -0.151. The number of rotatable bonds is 7. The lowest BCUT2D eigenvalue weighted by atomic mass is 10.2. The zero-order chi connectivity index (χ0) is 17.8. The van der Waals surface area contributed by atoms with Crippen LogP contribution in [0.3, 0.4) is 0 Å². The van der Waals surface area contributed by atoms with E-state index in [0.29, 0.717) is 0 Å². The number of primary amides is 1. The lowest BCUT2D eigenvalue weighted by Gasteiger charge is -2.19. The number of benzene rings is 1. The van der Waals surface area contributed by atoms with Crippen LogP contribution < -0.4 is 10.5 Å². The molecule has 11 heteroatoms.